The highest BCUT2D eigenvalue weighted by molar-refractivity contribution is 7.89. The van der Waals surface area contributed by atoms with Gasteiger partial charge in [-0.2, -0.15) is 0 Å². The first-order chi connectivity index (χ1) is 15.8. The number of benzene rings is 2. The summed E-state index contributed by atoms with van der Waals surface area (Å²) in [4.78, 5) is 11.9. The summed E-state index contributed by atoms with van der Waals surface area (Å²) in [5, 5.41) is 6.66. The molecule has 0 bridgehead atoms. The number of sulfonamides is 1. The second-order valence-electron chi connectivity index (χ2n) is 7.18. The Kier molecular flexibility index (Phi) is 8.02. The summed E-state index contributed by atoms with van der Waals surface area (Å²) in [6, 6.07) is 13.7. The maximum atomic E-state index is 12.7. The summed E-state index contributed by atoms with van der Waals surface area (Å²) in [6.07, 6.45) is 3.77. The first-order valence-electron chi connectivity index (χ1n) is 10.6. The lowest BCUT2D eigenvalue weighted by molar-refractivity contribution is -0.115. The number of para-hydroxylation sites is 1. The van der Waals surface area contributed by atoms with Crippen LogP contribution in [0.5, 0.6) is 5.75 Å². The topological polar surface area (TPSA) is 111 Å². The summed E-state index contributed by atoms with van der Waals surface area (Å²) in [7, 11) is -3.70. The molecule has 0 radical (unpaired) electrons. The first-order valence-corrected chi connectivity index (χ1v) is 12.1. The van der Waals surface area contributed by atoms with Gasteiger partial charge in [0.1, 0.15) is 17.1 Å². The van der Waals surface area contributed by atoms with Crippen LogP contribution in [0.4, 0.5) is 5.69 Å². The summed E-state index contributed by atoms with van der Waals surface area (Å²) in [6.45, 7) is 6.00. The highest BCUT2D eigenvalue weighted by Gasteiger charge is 2.15. The van der Waals surface area contributed by atoms with E-state index in [0.29, 0.717) is 35.9 Å². The van der Waals surface area contributed by atoms with Gasteiger partial charge in [-0.15, -0.1) is 0 Å². The van der Waals surface area contributed by atoms with Crippen LogP contribution < -0.4 is 14.8 Å². The van der Waals surface area contributed by atoms with Gasteiger partial charge in [0.25, 0.3) is 0 Å². The maximum Gasteiger partial charge on any atom is 0.240 e. The smallest absolute Gasteiger partial charge is 0.240 e. The molecule has 1 amide bonds. The lowest BCUT2D eigenvalue weighted by Gasteiger charge is -2.11. The third-order valence-corrected chi connectivity index (χ3v) is 6.23. The predicted octanol–water partition coefficient (Wildman–Crippen LogP) is 4.38. The molecule has 0 unspecified atom stereocenters. The fourth-order valence-electron chi connectivity index (χ4n) is 3.01. The van der Waals surface area contributed by atoms with Crippen molar-refractivity contribution in [2.75, 3.05) is 11.9 Å². The fourth-order valence-corrected chi connectivity index (χ4v) is 4.02. The molecule has 1 heterocycles. The summed E-state index contributed by atoms with van der Waals surface area (Å²) in [5.41, 5.74) is 2.62. The Bertz CT molecular complexity index is 1230. The van der Waals surface area contributed by atoms with Gasteiger partial charge in [-0.25, -0.2) is 13.1 Å². The molecular formula is C24H27N3O5S. The fraction of sp³-hybridized carbons (Fsp3) is 0.250. The van der Waals surface area contributed by atoms with E-state index in [1.165, 1.54) is 12.1 Å². The Morgan fingerprint density at radius 3 is 2.52 bits per heavy atom. The molecule has 0 aliphatic heterocycles. The first kappa shape index (κ1) is 24.2. The van der Waals surface area contributed by atoms with Gasteiger partial charge in [-0.3, -0.25) is 4.79 Å². The Morgan fingerprint density at radius 1 is 1.09 bits per heavy atom. The van der Waals surface area contributed by atoms with Crippen molar-refractivity contribution in [3.63, 3.8) is 0 Å². The van der Waals surface area contributed by atoms with Crippen molar-refractivity contribution in [3.8, 4) is 5.75 Å². The van der Waals surface area contributed by atoms with E-state index in [1.807, 2.05) is 31.2 Å². The highest BCUT2D eigenvalue weighted by atomic mass is 32.2. The maximum absolute atomic E-state index is 12.7. The van der Waals surface area contributed by atoms with E-state index in [2.05, 4.69) is 15.2 Å². The van der Waals surface area contributed by atoms with Crippen LogP contribution in [-0.4, -0.2) is 26.1 Å². The molecule has 0 spiro atoms. The molecular weight excluding hydrogens is 442 g/mol. The van der Waals surface area contributed by atoms with Crippen molar-refractivity contribution in [2.45, 2.75) is 38.6 Å². The quantitative estimate of drug-likeness (QED) is 0.456. The third kappa shape index (κ3) is 6.30. The summed E-state index contributed by atoms with van der Waals surface area (Å²) in [5.74, 6) is 0.933. The number of hydrogen-bond acceptors (Lipinski definition) is 6. The van der Waals surface area contributed by atoms with E-state index < -0.39 is 10.0 Å². The third-order valence-electron chi connectivity index (χ3n) is 4.82. The number of aryl methyl sites for hydroxylation is 1. The molecule has 33 heavy (non-hydrogen) atoms. The van der Waals surface area contributed by atoms with Crippen LogP contribution in [0.3, 0.4) is 0 Å². The highest BCUT2D eigenvalue weighted by Crippen LogP contribution is 2.23. The number of carbonyl (C=O) groups excluding carboxylic acids is 1. The average molecular weight is 470 g/mol. The predicted molar refractivity (Wildman–Crippen MR) is 127 cm³/mol. The zero-order chi connectivity index (χ0) is 23.8. The largest absolute Gasteiger partial charge is 0.494 e. The van der Waals surface area contributed by atoms with Gasteiger partial charge >= 0.3 is 0 Å². The molecule has 174 valence electrons. The molecule has 3 aromatic rings. The van der Waals surface area contributed by atoms with Crippen molar-refractivity contribution in [2.24, 2.45) is 0 Å². The van der Waals surface area contributed by atoms with E-state index >= 15 is 0 Å². The molecule has 0 fully saturated rings. The minimum Gasteiger partial charge on any atom is -0.494 e. The van der Waals surface area contributed by atoms with Crippen molar-refractivity contribution in [1.29, 1.82) is 0 Å². The minimum absolute atomic E-state index is 0.122. The van der Waals surface area contributed by atoms with Gasteiger partial charge in [-0.05, 0) is 43.7 Å². The van der Waals surface area contributed by atoms with E-state index in [9.17, 15) is 13.2 Å². The van der Waals surface area contributed by atoms with Gasteiger partial charge < -0.3 is 14.6 Å². The SMILES string of the molecule is CCOc1ccccc1CNS(=O)(=O)c1ccc(C=Cc2onc(C)c2NC(=O)CC)cc1. The Balaban J connectivity index is 1.69. The number of carbonyl (C=O) groups is 1. The number of anilines is 1. The van der Waals surface area contributed by atoms with Gasteiger partial charge in [0.15, 0.2) is 5.76 Å². The van der Waals surface area contributed by atoms with E-state index in [-0.39, 0.29) is 17.3 Å². The molecule has 2 aromatic carbocycles. The average Bonchev–Trinajstić information content (AvgIpc) is 3.16. The molecule has 0 atom stereocenters. The van der Waals surface area contributed by atoms with Gasteiger partial charge in [0.05, 0.1) is 11.5 Å². The minimum atomic E-state index is -3.70. The van der Waals surface area contributed by atoms with Crippen molar-refractivity contribution in [3.05, 3.63) is 71.1 Å². The number of aromatic nitrogens is 1. The van der Waals surface area contributed by atoms with E-state index in [1.54, 1.807) is 38.1 Å². The number of nitrogens with zero attached hydrogens (tertiary/aromatic N) is 1. The number of rotatable bonds is 10. The zero-order valence-corrected chi connectivity index (χ0v) is 19.6. The van der Waals surface area contributed by atoms with Crippen LogP contribution in [0.15, 0.2) is 57.9 Å². The van der Waals surface area contributed by atoms with Crippen LogP contribution in [0.2, 0.25) is 0 Å². The van der Waals surface area contributed by atoms with Crippen molar-refractivity contribution >= 4 is 33.8 Å². The normalized spacial score (nSPS) is 11.6. The molecule has 1 aromatic heterocycles. The van der Waals surface area contributed by atoms with Crippen molar-refractivity contribution in [1.82, 2.24) is 9.88 Å². The molecule has 0 saturated carbocycles. The van der Waals surface area contributed by atoms with Gasteiger partial charge in [0.2, 0.25) is 15.9 Å². The molecule has 8 nitrogen and oxygen atoms in total. The van der Waals surface area contributed by atoms with Crippen LogP contribution in [0.25, 0.3) is 12.2 Å². The summed E-state index contributed by atoms with van der Waals surface area (Å²) >= 11 is 0. The summed E-state index contributed by atoms with van der Waals surface area (Å²) < 4.78 is 38.9. The monoisotopic (exact) mass is 469 g/mol. The van der Waals surface area contributed by atoms with Crippen molar-refractivity contribution < 1.29 is 22.5 Å². The van der Waals surface area contributed by atoms with E-state index in [4.69, 9.17) is 9.26 Å². The molecule has 3 rings (SSSR count). The number of ether oxygens (including phenoxy) is 1. The second-order valence-corrected chi connectivity index (χ2v) is 8.94. The Hall–Kier alpha value is -3.43. The van der Waals surface area contributed by atoms with E-state index in [0.717, 1.165) is 11.1 Å². The number of nitrogens with one attached hydrogen (secondary N) is 2. The lowest BCUT2D eigenvalue weighted by Crippen LogP contribution is -2.23. The molecule has 0 aliphatic rings. The van der Waals surface area contributed by atoms with Crippen LogP contribution in [-0.2, 0) is 21.4 Å². The van der Waals surface area contributed by atoms with Crippen LogP contribution in [0, 0.1) is 6.92 Å². The zero-order valence-electron chi connectivity index (χ0n) is 18.8. The van der Waals surface area contributed by atoms with Crippen LogP contribution >= 0.6 is 0 Å². The van der Waals surface area contributed by atoms with Crippen LogP contribution in [0.1, 0.15) is 42.8 Å². The number of hydrogen-bond donors (Lipinski definition) is 2. The molecule has 9 heteroatoms. The standard InChI is InChI=1S/C24H27N3O5S/c1-4-23(28)26-24-17(3)27-32-22(24)15-12-18-10-13-20(14-11-18)33(29,30)25-16-19-8-6-7-9-21(19)31-5-2/h6-15,25H,4-5,16H2,1-3H3,(H,26,28). The van der Waals surface area contributed by atoms with Gasteiger partial charge in [0, 0.05) is 18.5 Å². The molecule has 2 N–H and O–H groups in total. The Morgan fingerprint density at radius 2 is 1.82 bits per heavy atom. The lowest BCUT2D eigenvalue weighted by atomic mass is 10.2. The number of amides is 1. The van der Waals surface area contributed by atoms with Gasteiger partial charge in [-0.1, -0.05) is 48.5 Å². The second kappa shape index (κ2) is 10.9. The Labute approximate surface area is 193 Å². The molecule has 0 saturated heterocycles. The molecule has 0 aliphatic carbocycles.